The van der Waals surface area contributed by atoms with Crippen LogP contribution >= 0.6 is 0 Å². The maximum absolute atomic E-state index is 11.4. The van der Waals surface area contributed by atoms with E-state index in [-0.39, 0.29) is 24.0 Å². The number of Topliss-reactive ketones (excluding diaryl/α,β-unsaturated/α-hetero) is 1. The fourth-order valence-electron chi connectivity index (χ4n) is 1.48. The molecule has 0 fully saturated rings. The number of hydrogen-bond acceptors (Lipinski definition) is 4. The molecule has 20 heavy (non-hydrogen) atoms. The highest BCUT2D eigenvalue weighted by molar-refractivity contribution is 5.98. The van der Waals surface area contributed by atoms with E-state index in [1.54, 1.807) is 13.8 Å². The van der Waals surface area contributed by atoms with Gasteiger partial charge in [0.15, 0.2) is 0 Å². The molecule has 0 bridgehead atoms. The van der Waals surface area contributed by atoms with Crippen molar-refractivity contribution in [3.8, 4) is 0 Å². The number of carbonyl (C=O) groups is 2. The Morgan fingerprint density at radius 3 is 2.35 bits per heavy atom. The Balaban J connectivity index is 3.31. The zero-order valence-corrected chi connectivity index (χ0v) is 13.3. The van der Waals surface area contributed by atoms with Crippen LogP contribution in [0.4, 0.5) is 0 Å². The second-order valence-electron chi connectivity index (χ2n) is 5.71. The quantitative estimate of drug-likeness (QED) is 0.420. The number of ether oxygens (including phenoxy) is 1. The second kappa shape index (κ2) is 11.9. The number of rotatable bonds is 12. The highest BCUT2D eigenvalue weighted by Crippen LogP contribution is 1.97. The predicted molar refractivity (Wildman–Crippen MR) is 80.6 cm³/mol. The third-order valence-electron chi connectivity index (χ3n) is 2.74. The molecule has 2 N–H and O–H groups in total. The van der Waals surface area contributed by atoms with E-state index in [1.165, 1.54) is 0 Å². The molecule has 5 heteroatoms. The summed E-state index contributed by atoms with van der Waals surface area (Å²) in [6.45, 7) is 11.6. The van der Waals surface area contributed by atoms with Gasteiger partial charge >= 0.3 is 0 Å². The fourth-order valence-corrected chi connectivity index (χ4v) is 1.48. The standard InChI is InChI=1S/C15H30N2O3/c1-12(2)11-16-6-5-8-20-9-7-17-15(19)10-14(18)13(3)4/h12-13,16H,5-11H2,1-4H3,(H,17,19). The van der Waals surface area contributed by atoms with Gasteiger partial charge in [0.2, 0.25) is 5.91 Å². The minimum absolute atomic E-state index is 0.0281. The van der Waals surface area contributed by atoms with E-state index in [0.717, 1.165) is 19.5 Å². The van der Waals surface area contributed by atoms with Gasteiger partial charge in [-0.2, -0.15) is 0 Å². The average Bonchev–Trinajstić information content (AvgIpc) is 2.36. The van der Waals surface area contributed by atoms with E-state index < -0.39 is 0 Å². The predicted octanol–water partition coefficient (Wildman–Crippen LogP) is 1.37. The minimum atomic E-state index is -0.217. The van der Waals surface area contributed by atoms with Gasteiger partial charge < -0.3 is 15.4 Å². The molecule has 0 aromatic carbocycles. The molecule has 0 aliphatic rings. The summed E-state index contributed by atoms with van der Waals surface area (Å²) in [5.74, 6) is 0.334. The minimum Gasteiger partial charge on any atom is -0.380 e. The summed E-state index contributed by atoms with van der Waals surface area (Å²) < 4.78 is 5.40. The first-order valence-electron chi connectivity index (χ1n) is 7.51. The van der Waals surface area contributed by atoms with Crippen molar-refractivity contribution in [2.24, 2.45) is 11.8 Å². The largest absolute Gasteiger partial charge is 0.380 e. The van der Waals surface area contributed by atoms with Gasteiger partial charge in [-0.25, -0.2) is 0 Å². The zero-order valence-electron chi connectivity index (χ0n) is 13.3. The van der Waals surface area contributed by atoms with Crippen LogP contribution in [0.2, 0.25) is 0 Å². The first-order valence-corrected chi connectivity index (χ1v) is 7.51. The van der Waals surface area contributed by atoms with Crippen molar-refractivity contribution in [3.05, 3.63) is 0 Å². The van der Waals surface area contributed by atoms with Crippen molar-refractivity contribution in [2.45, 2.75) is 40.5 Å². The molecular formula is C15H30N2O3. The molecule has 1 amide bonds. The van der Waals surface area contributed by atoms with Crippen LogP contribution in [-0.2, 0) is 14.3 Å². The van der Waals surface area contributed by atoms with Gasteiger partial charge in [-0.05, 0) is 25.4 Å². The highest BCUT2D eigenvalue weighted by Gasteiger charge is 2.11. The lowest BCUT2D eigenvalue weighted by Gasteiger charge is -2.08. The molecule has 0 aromatic heterocycles. The number of nitrogens with one attached hydrogen (secondary N) is 2. The van der Waals surface area contributed by atoms with E-state index in [9.17, 15) is 9.59 Å². The normalized spacial score (nSPS) is 11.1. The summed E-state index contributed by atoms with van der Waals surface area (Å²) in [6.07, 6.45) is 0.934. The van der Waals surface area contributed by atoms with Crippen molar-refractivity contribution in [2.75, 3.05) is 32.8 Å². The van der Waals surface area contributed by atoms with Crippen LogP contribution in [0.3, 0.4) is 0 Å². The SMILES string of the molecule is CC(C)CNCCCOCCNC(=O)CC(=O)C(C)C. The molecule has 0 saturated heterocycles. The molecule has 0 aliphatic carbocycles. The van der Waals surface area contributed by atoms with E-state index >= 15 is 0 Å². The maximum atomic E-state index is 11.4. The van der Waals surface area contributed by atoms with Crippen LogP contribution in [0.1, 0.15) is 40.5 Å². The Morgan fingerprint density at radius 1 is 1.05 bits per heavy atom. The zero-order chi connectivity index (χ0) is 15.4. The third-order valence-corrected chi connectivity index (χ3v) is 2.74. The number of carbonyl (C=O) groups excluding carboxylic acids is 2. The van der Waals surface area contributed by atoms with Gasteiger partial charge in [0.1, 0.15) is 5.78 Å². The Hall–Kier alpha value is -0.940. The Bertz CT molecular complexity index is 278. The van der Waals surface area contributed by atoms with Crippen LogP contribution in [-0.4, -0.2) is 44.5 Å². The Labute approximate surface area is 122 Å². The van der Waals surface area contributed by atoms with Crippen LogP contribution in [0.25, 0.3) is 0 Å². The van der Waals surface area contributed by atoms with Gasteiger partial charge in [-0.15, -0.1) is 0 Å². The molecular weight excluding hydrogens is 256 g/mol. The van der Waals surface area contributed by atoms with Gasteiger partial charge in [0, 0.05) is 19.1 Å². The molecule has 0 saturated carbocycles. The van der Waals surface area contributed by atoms with Crippen molar-refractivity contribution >= 4 is 11.7 Å². The van der Waals surface area contributed by atoms with Crippen LogP contribution < -0.4 is 10.6 Å². The number of amides is 1. The Morgan fingerprint density at radius 2 is 1.75 bits per heavy atom. The highest BCUT2D eigenvalue weighted by atomic mass is 16.5. The lowest BCUT2D eigenvalue weighted by atomic mass is 10.1. The molecule has 0 atom stereocenters. The van der Waals surface area contributed by atoms with E-state index in [2.05, 4.69) is 24.5 Å². The lowest BCUT2D eigenvalue weighted by molar-refractivity contribution is -0.129. The summed E-state index contributed by atoms with van der Waals surface area (Å²) in [7, 11) is 0. The maximum Gasteiger partial charge on any atom is 0.227 e. The molecule has 0 radical (unpaired) electrons. The van der Waals surface area contributed by atoms with Gasteiger partial charge in [-0.1, -0.05) is 27.7 Å². The van der Waals surface area contributed by atoms with E-state index in [1.807, 2.05) is 0 Å². The van der Waals surface area contributed by atoms with E-state index in [4.69, 9.17) is 4.74 Å². The molecule has 5 nitrogen and oxygen atoms in total. The summed E-state index contributed by atoms with van der Waals surface area (Å²) >= 11 is 0. The molecule has 0 unspecified atom stereocenters. The Kier molecular flexibility index (Phi) is 11.3. The first-order chi connectivity index (χ1) is 9.43. The van der Waals surface area contributed by atoms with Gasteiger partial charge in [-0.3, -0.25) is 9.59 Å². The van der Waals surface area contributed by atoms with Crippen molar-refractivity contribution in [3.63, 3.8) is 0 Å². The number of hydrogen-bond donors (Lipinski definition) is 2. The molecule has 0 aromatic rings. The van der Waals surface area contributed by atoms with Crippen molar-refractivity contribution < 1.29 is 14.3 Å². The van der Waals surface area contributed by atoms with Crippen molar-refractivity contribution in [1.29, 1.82) is 0 Å². The summed E-state index contributed by atoms with van der Waals surface area (Å²) in [5, 5.41) is 6.02. The summed E-state index contributed by atoms with van der Waals surface area (Å²) in [6, 6.07) is 0. The molecule has 0 spiro atoms. The van der Waals surface area contributed by atoms with E-state index in [0.29, 0.717) is 25.7 Å². The molecule has 118 valence electrons. The van der Waals surface area contributed by atoms with Crippen LogP contribution in [0.15, 0.2) is 0 Å². The summed E-state index contributed by atoms with van der Waals surface area (Å²) in [5.41, 5.74) is 0. The topological polar surface area (TPSA) is 67.4 Å². The van der Waals surface area contributed by atoms with Crippen LogP contribution in [0.5, 0.6) is 0 Å². The smallest absolute Gasteiger partial charge is 0.227 e. The first kappa shape index (κ1) is 19.1. The number of ketones is 1. The summed E-state index contributed by atoms with van der Waals surface area (Å²) in [4.78, 5) is 22.7. The fraction of sp³-hybridized carbons (Fsp3) is 0.867. The second-order valence-corrected chi connectivity index (χ2v) is 5.71. The van der Waals surface area contributed by atoms with Crippen LogP contribution in [0, 0.1) is 11.8 Å². The molecule has 0 heterocycles. The average molecular weight is 286 g/mol. The third kappa shape index (κ3) is 12.1. The van der Waals surface area contributed by atoms with Gasteiger partial charge in [0.25, 0.3) is 0 Å². The monoisotopic (exact) mass is 286 g/mol. The lowest BCUT2D eigenvalue weighted by Crippen LogP contribution is -2.30. The molecule has 0 rings (SSSR count). The van der Waals surface area contributed by atoms with Crippen molar-refractivity contribution in [1.82, 2.24) is 10.6 Å². The molecule has 0 aliphatic heterocycles. The van der Waals surface area contributed by atoms with Gasteiger partial charge in [0.05, 0.1) is 13.0 Å².